The number of anilines is 2. The van der Waals surface area contributed by atoms with E-state index < -0.39 is 0 Å². The zero-order valence-electron chi connectivity index (χ0n) is 10.9. The summed E-state index contributed by atoms with van der Waals surface area (Å²) in [6, 6.07) is 0.602. The lowest BCUT2D eigenvalue weighted by Gasteiger charge is -2.15. The van der Waals surface area contributed by atoms with Crippen molar-refractivity contribution in [3.05, 3.63) is 0 Å². The molecule has 0 aliphatic carbocycles. The summed E-state index contributed by atoms with van der Waals surface area (Å²) in [5.74, 6) is 0.644. The Kier molecular flexibility index (Phi) is 4.93. The summed E-state index contributed by atoms with van der Waals surface area (Å²) in [5, 5.41) is 3.21. The van der Waals surface area contributed by atoms with Crippen molar-refractivity contribution in [3.8, 4) is 6.01 Å². The van der Waals surface area contributed by atoms with Crippen LogP contribution in [0.4, 0.5) is 11.9 Å². The second-order valence-electron chi connectivity index (χ2n) is 4.12. The van der Waals surface area contributed by atoms with E-state index in [9.17, 15) is 0 Å². The highest BCUT2D eigenvalue weighted by Gasteiger charge is 2.10. The van der Waals surface area contributed by atoms with Crippen molar-refractivity contribution in [2.75, 3.05) is 11.1 Å². The largest absolute Gasteiger partial charge is 0.461 e. The lowest BCUT2D eigenvalue weighted by Crippen LogP contribution is -2.20. The third-order valence-corrected chi connectivity index (χ3v) is 2.29. The number of nitrogens with one attached hydrogen (secondary N) is 1. The minimum atomic E-state index is 0.0118. The first-order valence-corrected chi connectivity index (χ1v) is 5.99. The minimum absolute atomic E-state index is 0.0118. The van der Waals surface area contributed by atoms with Crippen LogP contribution in [0.25, 0.3) is 0 Å². The molecule has 1 aromatic rings. The normalized spacial score (nSPS) is 10.9. The number of ether oxygens (including phenoxy) is 1. The van der Waals surface area contributed by atoms with E-state index >= 15 is 0 Å². The fraction of sp³-hybridized carbons (Fsp3) is 0.727. The van der Waals surface area contributed by atoms with Gasteiger partial charge >= 0.3 is 6.01 Å². The lowest BCUT2D eigenvalue weighted by atomic mass is 10.2. The maximum absolute atomic E-state index is 5.61. The van der Waals surface area contributed by atoms with Gasteiger partial charge in [-0.15, -0.1) is 0 Å². The van der Waals surface area contributed by atoms with Gasteiger partial charge in [0.25, 0.3) is 0 Å². The predicted molar refractivity (Wildman–Crippen MR) is 68.0 cm³/mol. The van der Waals surface area contributed by atoms with Crippen LogP contribution in [0.15, 0.2) is 0 Å². The monoisotopic (exact) mass is 239 g/mol. The second-order valence-corrected chi connectivity index (χ2v) is 4.12. The van der Waals surface area contributed by atoms with Crippen molar-refractivity contribution < 1.29 is 4.74 Å². The van der Waals surface area contributed by atoms with Gasteiger partial charge in [0, 0.05) is 6.04 Å². The van der Waals surface area contributed by atoms with E-state index in [1.807, 2.05) is 13.8 Å². The first kappa shape index (κ1) is 13.5. The molecule has 0 fully saturated rings. The number of rotatable bonds is 6. The second kappa shape index (κ2) is 6.22. The van der Waals surface area contributed by atoms with E-state index in [0.717, 1.165) is 12.8 Å². The maximum atomic E-state index is 5.61. The Morgan fingerprint density at radius 2 is 1.82 bits per heavy atom. The molecule has 0 unspecified atom stereocenters. The Labute approximate surface area is 102 Å². The summed E-state index contributed by atoms with van der Waals surface area (Å²) in [7, 11) is 0. The number of nitrogens with two attached hydrogens (primary N) is 1. The van der Waals surface area contributed by atoms with Crippen LogP contribution < -0.4 is 15.8 Å². The van der Waals surface area contributed by atoms with Crippen LogP contribution in [-0.4, -0.2) is 27.1 Å². The topological polar surface area (TPSA) is 86.0 Å². The fourth-order valence-corrected chi connectivity index (χ4v) is 1.38. The van der Waals surface area contributed by atoms with E-state index in [-0.39, 0.29) is 18.1 Å². The third kappa shape index (κ3) is 4.42. The molecule has 3 N–H and O–H groups in total. The Balaban J connectivity index is 2.81. The van der Waals surface area contributed by atoms with Crippen molar-refractivity contribution in [2.24, 2.45) is 0 Å². The highest BCUT2D eigenvalue weighted by molar-refractivity contribution is 5.33. The summed E-state index contributed by atoms with van der Waals surface area (Å²) >= 11 is 0. The minimum Gasteiger partial charge on any atom is -0.461 e. The standard InChI is InChI=1S/C11H21N5O/c1-5-8(6-2)13-10-14-9(12)15-11(16-10)17-7(3)4/h7-8H,5-6H2,1-4H3,(H3,12,13,14,15,16). The molecule has 1 heterocycles. The molecule has 17 heavy (non-hydrogen) atoms. The fourth-order valence-electron chi connectivity index (χ4n) is 1.38. The van der Waals surface area contributed by atoms with E-state index in [1.54, 1.807) is 0 Å². The smallest absolute Gasteiger partial charge is 0.323 e. The van der Waals surface area contributed by atoms with E-state index in [0.29, 0.717) is 12.0 Å². The van der Waals surface area contributed by atoms with Gasteiger partial charge in [-0.3, -0.25) is 0 Å². The van der Waals surface area contributed by atoms with Crippen molar-refractivity contribution in [1.82, 2.24) is 15.0 Å². The van der Waals surface area contributed by atoms with Gasteiger partial charge in [-0.25, -0.2) is 0 Å². The molecule has 0 aliphatic rings. The van der Waals surface area contributed by atoms with Gasteiger partial charge in [-0.1, -0.05) is 13.8 Å². The van der Waals surface area contributed by atoms with Gasteiger partial charge < -0.3 is 15.8 Å². The summed E-state index contributed by atoms with van der Waals surface area (Å²) in [6.07, 6.45) is 2.02. The zero-order valence-corrected chi connectivity index (χ0v) is 10.9. The Morgan fingerprint density at radius 3 is 2.35 bits per heavy atom. The molecule has 0 aliphatic heterocycles. The van der Waals surface area contributed by atoms with Gasteiger partial charge in [-0.2, -0.15) is 15.0 Å². The molecule has 1 rings (SSSR count). The summed E-state index contributed by atoms with van der Waals surface area (Å²) < 4.78 is 5.40. The molecule has 1 aromatic heterocycles. The molecule has 6 nitrogen and oxygen atoms in total. The maximum Gasteiger partial charge on any atom is 0.323 e. The van der Waals surface area contributed by atoms with Gasteiger partial charge in [0.2, 0.25) is 11.9 Å². The van der Waals surface area contributed by atoms with Crippen LogP contribution in [0.5, 0.6) is 6.01 Å². The van der Waals surface area contributed by atoms with Gasteiger partial charge in [0.05, 0.1) is 6.10 Å². The molecule has 96 valence electrons. The van der Waals surface area contributed by atoms with E-state index in [1.165, 1.54) is 0 Å². The number of hydrogen-bond donors (Lipinski definition) is 2. The average molecular weight is 239 g/mol. The van der Waals surface area contributed by atoms with Crippen LogP contribution in [-0.2, 0) is 0 Å². The molecular weight excluding hydrogens is 218 g/mol. The first-order chi connectivity index (χ1) is 8.05. The summed E-state index contributed by atoms with van der Waals surface area (Å²) in [6.45, 7) is 8.04. The Morgan fingerprint density at radius 1 is 1.18 bits per heavy atom. The van der Waals surface area contributed by atoms with Gasteiger partial charge in [0.15, 0.2) is 0 Å². The van der Waals surface area contributed by atoms with E-state index in [2.05, 4.69) is 34.1 Å². The SMILES string of the molecule is CCC(CC)Nc1nc(N)nc(OC(C)C)n1. The van der Waals surface area contributed by atoms with Gasteiger partial charge in [0.1, 0.15) is 0 Å². The van der Waals surface area contributed by atoms with Crippen LogP contribution in [0.3, 0.4) is 0 Å². The van der Waals surface area contributed by atoms with Gasteiger partial charge in [-0.05, 0) is 26.7 Å². The van der Waals surface area contributed by atoms with Crippen LogP contribution in [0, 0.1) is 0 Å². The predicted octanol–water partition coefficient (Wildman–Crippen LogP) is 1.84. The average Bonchev–Trinajstić information content (AvgIpc) is 2.24. The summed E-state index contributed by atoms with van der Waals surface area (Å²) in [5.41, 5.74) is 5.61. The van der Waals surface area contributed by atoms with Crippen molar-refractivity contribution >= 4 is 11.9 Å². The van der Waals surface area contributed by atoms with Crippen molar-refractivity contribution in [3.63, 3.8) is 0 Å². The first-order valence-electron chi connectivity index (χ1n) is 5.99. The molecule has 0 saturated carbocycles. The third-order valence-electron chi connectivity index (χ3n) is 2.29. The van der Waals surface area contributed by atoms with E-state index in [4.69, 9.17) is 10.5 Å². The number of aromatic nitrogens is 3. The number of nitrogen functional groups attached to an aromatic ring is 1. The molecule has 0 aromatic carbocycles. The summed E-state index contributed by atoms with van der Waals surface area (Å²) in [4.78, 5) is 12.1. The molecule has 0 amide bonds. The van der Waals surface area contributed by atoms with Crippen LogP contribution in [0.2, 0.25) is 0 Å². The zero-order chi connectivity index (χ0) is 12.8. The van der Waals surface area contributed by atoms with Crippen LogP contribution >= 0.6 is 0 Å². The molecule has 0 atom stereocenters. The quantitative estimate of drug-likeness (QED) is 0.787. The van der Waals surface area contributed by atoms with Crippen molar-refractivity contribution in [1.29, 1.82) is 0 Å². The Hall–Kier alpha value is -1.59. The highest BCUT2D eigenvalue weighted by atomic mass is 16.5. The van der Waals surface area contributed by atoms with Crippen molar-refractivity contribution in [2.45, 2.75) is 52.7 Å². The molecular formula is C11H21N5O. The molecule has 0 spiro atoms. The number of nitrogens with zero attached hydrogens (tertiary/aromatic N) is 3. The molecule has 0 radical (unpaired) electrons. The molecule has 0 saturated heterocycles. The number of hydrogen-bond acceptors (Lipinski definition) is 6. The molecule has 6 heteroatoms. The van der Waals surface area contributed by atoms with Crippen LogP contribution in [0.1, 0.15) is 40.5 Å². The lowest BCUT2D eigenvalue weighted by molar-refractivity contribution is 0.222. The highest BCUT2D eigenvalue weighted by Crippen LogP contribution is 2.12. The molecule has 0 bridgehead atoms. The Bertz CT molecular complexity index is 352.